The van der Waals surface area contributed by atoms with E-state index < -0.39 is 24.0 Å². The fraction of sp³-hybridized carbons (Fsp3) is 0.524. The molecule has 2 atom stereocenters. The minimum atomic E-state index is -3.43. The number of hydrogen-bond acceptors (Lipinski definition) is 3. The molecule has 2 N–H and O–H groups in total. The third-order valence-electron chi connectivity index (χ3n) is 5.02. The molecule has 0 bridgehead atoms. The van der Waals surface area contributed by atoms with E-state index in [0.29, 0.717) is 25.9 Å². The van der Waals surface area contributed by atoms with Crippen LogP contribution in [0.4, 0.5) is 13.6 Å². The Balaban J connectivity index is 1.92. The maximum Gasteiger partial charge on any atom is 0.320 e. The van der Waals surface area contributed by atoms with Crippen LogP contribution >= 0.6 is 0 Å². The molecule has 1 heterocycles. The predicted molar refractivity (Wildman–Crippen MR) is 105 cm³/mol. The second-order valence-corrected chi connectivity index (χ2v) is 7.30. The van der Waals surface area contributed by atoms with E-state index in [2.05, 4.69) is 0 Å². The number of likely N-dealkylation sites (N-methyl/N-ethyl adjacent to an activating group) is 1. The smallest absolute Gasteiger partial charge is 0.320 e. The van der Waals surface area contributed by atoms with Gasteiger partial charge in [-0.25, -0.2) is 4.79 Å². The molecule has 1 aromatic rings. The number of aliphatic carboxylic acids is 1. The molecule has 1 saturated heterocycles. The monoisotopic (exact) mass is 410 g/mol. The van der Waals surface area contributed by atoms with Crippen molar-refractivity contribution in [3.63, 3.8) is 0 Å². The number of rotatable bonds is 11. The molecular formula is C21H28F2N2O4. The van der Waals surface area contributed by atoms with Crippen LogP contribution < -0.4 is 0 Å². The largest absolute Gasteiger partial charge is 0.481 e. The van der Waals surface area contributed by atoms with Gasteiger partial charge in [-0.15, -0.1) is 0 Å². The highest BCUT2D eigenvalue weighted by molar-refractivity contribution is 5.77. The Bertz CT molecular complexity index is 712. The molecule has 0 aromatic heterocycles. The van der Waals surface area contributed by atoms with E-state index in [4.69, 9.17) is 5.11 Å². The normalized spacial score (nSPS) is 18.6. The number of amides is 2. The number of unbranched alkanes of at least 4 members (excludes halogenated alkanes) is 3. The van der Waals surface area contributed by atoms with Gasteiger partial charge in [0.05, 0.1) is 6.04 Å². The Labute approximate surface area is 169 Å². The van der Waals surface area contributed by atoms with Crippen LogP contribution in [0.1, 0.15) is 37.7 Å². The number of carboxylic acid groups (broad SMARTS) is 1. The molecule has 0 aliphatic carbocycles. The molecule has 1 unspecified atom stereocenters. The minimum Gasteiger partial charge on any atom is -0.481 e. The van der Waals surface area contributed by atoms with Crippen molar-refractivity contribution >= 4 is 12.0 Å². The highest BCUT2D eigenvalue weighted by Gasteiger charge is 2.39. The lowest BCUT2D eigenvalue weighted by molar-refractivity contribution is -0.137. The fourth-order valence-electron chi connectivity index (χ4n) is 3.34. The number of hydrogen-bond donors (Lipinski definition) is 2. The molecule has 1 aliphatic rings. The van der Waals surface area contributed by atoms with Gasteiger partial charge in [0, 0.05) is 32.1 Å². The summed E-state index contributed by atoms with van der Waals surface area (Å²) in [5.41, 5.74) is -0.269. The average Bonchev–Trinajstić information content (AvgIpc) is 2.96. The number of carbonyl (C=O) groups is 2. The molecule has 160 valence electrons. The second-order valence-electron chi connectivity index (χ2n) is 7.30. The van der Waals surface area contributed by atoms with Crippen LogP contribution in [0.5, 0.6) is 0 Å². The summed E-state index contributed by atoms with van der Waals surface area (Å²) in [6.45, 7) is 0.814. The van der Waals surface area contributed by atoms with E-state index in [0.717, 1.165) is 18.9 Å². The maximum atomic E-state index is 14.4. The number of aliphatic hydroxyl groups is 1. The highest BCUT2D eigenvalue weighted by Crippen LogP contribution is 2.32. The zero-order valence-corrected chi connectivity index (χ0v) is 16.5. The maximum absolute atomic E-state index is 14.4. The SMILES string of the molecule is CN1C[C@H](C=CC(O)C(F)(F)c2ccccc2)N(CCCCCCC(=O)O)C1=O. The van der Waals surface area contributed by atoms with Gasteiger partial charge >= 0.3 is 17.9 Å². The van der Waals surface area contributed by atoms with Crippen molar-refractivity contribution in [2.45, 2.75) is 50.2 Å². The van der Waals surface area contributed by atoms with E-state index in [9.17, 15) is 23.5 Å². The summed E-state index contributed by atoms with van der Waals surface area (Å²) in [5.74, 6) is -4.25. The third kappa shape index (κ3) is 6.25. The number of alkyl halides is 2. The van der Waals surface area contributed by atoms with Crippen molar-refractivity contribution in [3.05, 3.63) is 48.0 Å². The molecule has 1 aromatic carbocycles. The molecule has 8 heteroatoms. The molecule has 2 amide bonds. The first-order valence-electron chi connectivity index (χ1n) is 9.76. The van der Waals surface area contributed by atoms with E-state index in [-0.39, 0.29) is 18.0 Å². The van der Waals surface area contributed by atoms with Crippen LogP contribution in [0, 0.1) is 0 Å². The topological polar surface area (TPSA) is 81.1 Å². The lowest BCUT2D eigenvalue weighted by Gasteiger charge is -2.23. The standard InChI is InChI=1S/C21H28F2N2O4/c1-24-15-17(25(20(24)29)14-8-3-2-7-11-19(27)28)12-13-18(26)21(22,23)16-9-5-4-6-10-16/h4-6,9-10,12-13,17-18,26H,2-3,7-8,11,14-15H2,1H3,(H,27,28)/t17-,18?/m0/s1. The minimum absolute atomic E-state index is 0.129. The summed E-state index contributed by atoms with van der Waals surface area (Å²) in [5, 5.41) is 18.7. The van der Waals surface area contributed by atoms with Crippen molar-refractivity contribution in [1.29, 1.82) is 0 Å². The van der Waals surface area contributed by atoms with Crippen LogP contribution in [-0.2, 0) is 10.7 Å². The van der Waals surface area contributed by atoms with Crippen LogP contribution in [0.15, 0.2) is 42.5 Å². The molecule has 0 spiro atoms. The lowest BCUT2D eigenvalue weighted by Crippen LogP contribution is -2.35. The number of nitrogens with zero attached hydrogens (tertiary/aromatic N) is 2. The summed E-state index contributed by atoms with van der Waals surface area (Å²) in [4.78, 5) is 25.9. The van der Waals surface area contributed by atoms with Crippen LogP contribution in [0.2, 0.25) is 0 Å². The summed E-state index contributed by atoms with van der Waals surface area (Å²) in [6, 6.07) is 6.55. The number of carboxylic acids is 1. The number of benzene rings is 1. The van der Waals surface area contributed by atoms with Gasteiger partial charge in [0.1, 0.15) is 6.10 Å². The number of aliphatic hydroxyl groups excluding tert-OH is 1. The molecular weight excluding hydrogens is 382 g/mol. The zero-order chi connectivity index (χ0) is 21.4. The van der Waals surface area contributed by atoms with Gasteiger partial charge in [-0.05, 0) is 12.8 Å². The van der Waals surface area contributed by atoms with Crippen molar-refractivity contribution in [1.82, 2.24) is 9.80 Å². The Kier molecular flexibility index (Phi) is 8.13. The number of urea groups is 1. The first kappa shape index (κ1) is 22.8. The Morgan fingerprint density at radius 1 is 1.24 bits per heavy atom. The number of halogens is 2. The third-order valence-corrected chi connectivity index (χ3v) is 5.02. The van der Waals surface area contributed by atoms with Crippen molar-refractivity contribution in [2.24, 2.45) is 0 Å². The van der Waals surface area contributed by atoms with Crippen LogP contribution in [0.25, 0.3) is 0 Å². The summed E-state index contributed by atoms with van der Waals surface area (Å²) < 4.78 is 28.8. The van der Waals surface area contributed by atoms with Crippen molar-refractivity contribution < 1.29 is 28.6 Å². The van der Waals surface area contributed by atoms with Crippen LogP contribution in [-0.4, -0.2) is 64.3 Å². The molecule has 1 aliphatic heterocycles. The quantitative estimate of drug-likeness (QED) is 0.432. The Hall–Kier alpha value is -2.48. The van der Waals surface area contributed by atoms with Gasteiger partial charge < -0.3 is 20.0 Å². The van der Waals surface area contributed by atoms with E-state index >= 15 is 0 Å². The first-order valence-corrected chi connectivity index (χ1v) is 9.76. The molecule has 1 fully saturated rings. The van der Waals surface area contributed by atoms with Gasteiger partial charge in [0.25, 0.3) is 0 Å². The zero-order valence-electron chi connectivity index (χ0n) is 16.5. The van der Waals surface area contributed by atoms with Crippen LogP contribution in [0.3, 0.4) is 0 Å². The van der Waals surface area contributed by atoms with Gasteiger partial charge in [-0.1, -0.05) is 55.3 Å². The van der Waals surface area contributed by atoms with Gasteiger partial charge in [-0.3, -0.25) is 4.79 Å². The molecule has 2 rings (SSSR count). The van der Waals surface area contributed by atoms with E-state index in [1.165, 1.54) is 35.2 Å². The summed E-state index contributed by atoms with van der Waals surface area (Å²) >= 11 is 0. The van der Waals surface area contributed by atoms with Gasteiger partial charge in [-0.2, -0.15) is 8.78 Å². The summed E-state index contributed by atoms with van der Waals surface area (Å²) in [7, 11) is 1.64. The fourth-order valence-corrected chi connectivity index (χ4v) is 3.34. The highest BCUT2D eigenvalue weighted by atomic mass is 19.3. The first-order chi connectivity index (χ1) is 13.7. The second kappa shape index (κ2) is 10.3. The Morgan fingerprint density at radius 3 is 2.55 bits per heavy atom. The average molecular weight is 410 g/mol. The molecule has 0 saturated carbocycles. The summed E-state index contributed by atoms with van der Waals surface area (Å²) in [6.07, 6.45) is 3.49. The predicted octanol–water partition coefficient (Wildman–Crippen LogP) is 3.47. The molecule has 0 radical (unpaired) electrons. The lowest BCUT2D eigenvalue weighted by atomic mass is 10.0. The molecule has 29 heavy (non-hydrogen) atoms. The van der Waals surface area contributed by atoms with Gasteiger partial charge in [0.2, 0.25) is 0 Å². The van der Waals surface area contributed by atoms with Gasteiger partial charge in [0.15, 0.2) is 0 Å². The van der Waals surface area contributed by atoms with Crippen molar-refractivity contribution in [2.75, 3.05) is 20.1 Å². The van der Waals surface area contributed by atoms with E-state index in [1.807, 2.05) is 0 Å². The number of carbonyl (C=O) groups excluding carboxylic acids is 1. The molecule has 6 nitrogen and oxygen atoms in total. The van der Waals surface area contributed by atoms with Crippen molar-refractivity contribution in [3.8, 4) is 0 Å². The Morgan fingerprint density at radius 2 is 1.90 bits per heavy atom. The van der Waals surface area contributed by atoms with E-state index in [1.54, 1.807) is 18.0 Å².